The van der Waals surface area contributed by atoms with E-state index in [2.05, 4.69) is 10.6 Å². The second kappa shape index (κ2) is 10.4. The number of hydrogen-bond acceptors (Lipinski definition) is 4. The van der Waals surface area contributed by atoms with Crippen molar-refractivity contribution < 1.29 is 14.4 Å². The van der Waals surface area contributed by atoms with Gasteiger partial charge in [-0.3, -0.25) is 14.4 Å². The highest BCUT2D eigenvalue weighted by atomic mass is 32.1. The second-order valence-electron chi connectivity index (χ2n) is 7.54. The quantitative estimate of drug-likeness (QED) is 0.713. The van der Waals surface area contributed by atoms with Crippen molar-refractivity contribution in [2.75, 3.05) is 19.6 Å². The van der Waals surface area contributed by atoms with Crippen molar-refractivity contribution in [2.45, 2.75) is 52.5 Å². The van der Waals surface area contributed by atoms with Crippen molar-refractivity contribution in [2.24, 2.45) is 11.8 Å². The van der Waals surface area contributed by atoms with Crippen molar-refractivity contribution in [3.63, 3.8) is 0 Å². The summed E-state index contributed by atoms with van der Waals surface area (Å²) in [4.78, 5) is 39.9. The summed E-state index contributed by atoms with van der Waals surface area (Å²) in [5.74, 6) is 0.216. The summed E-state index contributed by atoms with van der Waals surface area (Å²) in [6.45, 7) is 7.96. The lowest BCUT2D eigenvalue weighted by molar-refractivity contribution is -0.133. The maximum Gasteiger partial charge on any atom is 0.262 e. The fourth-order valence-electron chi connectivity index (χ4n) is 3.34. The van der Waals surface area contributed by atoms with Gasteiger partial charge in [0.1, 0.15) is 6.04 Å². The number of nitrogens with one attached hydrogen (secondary N) is 2. The predicted octanol–water partition coefficient (Wildman–Crippen LogP) is 2.66. The summed E-state index contributed by atoms with van der Waals surface area (Å²) >= 11 is 1.36. The molecule has 0 bridgehead atoms. The van der Waals surface area contributed by atoms with Gasteiger partial charge in [0, 0.05) is 26.1 Å². The largest absolute Gasteiger partial charge is 0.354 e. The summed E-state index contributed by atoms with van der Waals surface area (Å²) in [6, 6.07) is 3.02. The van der Waals surface area contributed by atoms with Crippen molar-refractivity contribution >= 4 is 29.1 Å². The maximum atomic E-state index is 12.7. The Hall–Kier alpha value is -1.89. The van der Waals surface area contributed by atoms with Crippen LogP contribution >= 0.6 is 11.3 Å². The Morgan fingerprint density at radius 2 is 1.96 bits per heavy atom. The van der Waals surface area contributed by atoms with E-state index in [0.29, 0.717) is 36.9 Å². The van der Waals surface area contributed by atoms with Crippen LogP contribution in [0.15, 0.2) is 17.5 Å². The minimum atomic E-state index is -0.562. The van der Waals surface area contributed by atoms with Crippen molar-refractivity contribution in [1.29, 1.82) is 0 Å². The van der Waals surface area contributed by atoms with Gasteiger partial charge in [0.15, 0.2) is 0 Å². The average molecular weight is 394 g/mol. The van der Waals surface area contributed by atoms with E-state index in [1.54, 1.807) is 6.07 Å². The van der Waals surface area contributed by atoms with E-state index in [1.165, 1.54) is 11.3 Å². The topological polar surface area (TPSA) is 78.5 Å². The van der Waals surface area contributed by atoms with E-state index >= 15 is 0 Å². The third-order valence-corrected chi connectivity index (χ3v) is 5.68. The summed E-state index contributed by atoms with van der Waals surface area (Å²) in [5.41, 5.74) is 0. The molecule has 150 valence electrons. The number of amides is 3. The van der Waals surface area contributed by atoms with E-state index in [1.807, 2.05) is 37.1 Å². The minimum Gasteiger partial charge on any atom is -0.354 e. The SMILES string of the molecule is CCCNC(=O)[C@H](NC(=O)c1cccs1)C1CCN(C(=O)CC(C)C)CC1. The molecule has 7 heteroatoms. The smallest absolute Gasteiger partial charge is 0.262 e. The molecule has 3 amide bonds. The third-order valence-electron chi connectivity index (χ3n) is 4.81. The average Bonchev–Trinajstić information content (AvgIpc) is 3.18. The summed E-state index contributed by atoms with van der Waals surface area (Å²) in [5, 5.41) is 7.69. The molecule has 1 aromatic heterocycles. The zero-order chi connectivity index (χ0) is 19.8. The van der Waals surface area contributed by atoms with E-state index in [-0.39, 0.29) is 23.6 Å². The molecular weight excluding hydrogens is 362 g/mol. The van der Waals surface area contributed by atoms with Gasteiger partial charge in [-0.2, -0.15) is 0 Å². The Morgan fingerprint density at radius 1 is 1.26 bits per heavy atom. The molecule has 27 heavy (non-hydrogen) atoms. The van der Waals surface area contributed by atoms with E-state index in [4.69, 9.17) is 0 Å². The molecule has 0 saturated carbocycles. The number of carbonyl (C=O) groups excluding carboxylic acids is 3. The molecule has 2 N–H and O–H groups in total. The Kier molecular flexibility index (Phi) is 8.28. The normalized spacial score (nSPS) is 16.2. The molecule has 1 fully saturated rings. The van der Waals surface area contributed by atoms with Crippen LogP contribution in [0.1, 0.15) is 56.1 Å². The Balaban J connectivity index is 2.00. The Labute approximate surface area is 165 Å². The molecule has 1 aromatic rings. The fourth-order valence-corrected chi connectivity index (χ4v) is 3.96. The fraction of sp³-hybridized carbons (Fsp3) is 0.650. The van der Waals surface area contributed by atoms with Crippen molar-refractivity contribution in [3.8, 4) is 0 Å². The molecule has 1 aliphatic rings. The molecule has 6 nitrogen and oxygen atoms in total. The molecule has 0 aliphatic carbocycles. The van der Waals surface area contributed by atoms with Crippen molar-refractivity contribution in [1.82, 2.24) is 15.5 Å². The summed E-state index contributed by atoms with van der Waals surface area (Å²) < 4.78 is 0. The summed E-state index contributed by atoms with van der Waals surface area (Å²) in [6.07, 6.45) is 2.84. The number of likely N-dealkylation sites (tertiary alicyclic amines) is 1. The van der Waals surface area contributed by atoms with Crippen LogP contribution in [-0.2, 0) is 9.59 Å². The molecule has 0 radical (unpaired) electrons. The molecular formula is C20H31N3O3S. The lowest BCUT2D eigenvalue weighted by Crippen LogP contribution is -2.53. The van der Waals surface area contributed by atoms with Gasteiger partial charge < -0.3 is 15.5 Å². The Bertz CT molecular complexity index is 622. The molecule has 0 aromatic carbocycles. The van der Waals surface area contributed by atoms with Crippen LogP contribution in [0.3, 0.4) is 0 Å². The lowest BCUT2D eigenvalue weighted by atomic mass is 9.88. The van der Waals surface area contributed by atoms with Crippen LogP contribution in [0.5, 0.6) is 0 Å². The van der Waals surface area contributed by atoms with E-state index in [0.717, 1.165) is 19.3 Å². The third kappa shape index (κ3) is 6.34. The highest BCUT2D eigenvalue weighted by molar-refractivity contribution is 7.12. The monoisotopic (exact) mass is 393 g/mol. The first kappa shape index (κ1) is 21.4. The first-order chi connectivity index (χ1) is 12.9. The van der Waals surface area contributed by atoms with Gasteiger partial charge in [-0.1, -0.05) is 26.8 Å². The molecule has 1 aliphatic heterocycles. The van der Waals surface area contributed by atoms with Crippen LogP contribution < -0.4 is 10.6 Å². The van der Waals surface area contributed by atoms with Gasteiger partial charge in [0.05, 0.1) is 4.88 Å². The lowest BCUT2D eigenvalue weighted by Gasteiger charge is -2.36. The zero-order valence-corrected chi connectivity index (χ0v) is 17.3. The van der Waals surface area contributed by atoms with Gasteiger partial charge in [-0.25, -0.2) is 0 Å². The van der Waals surface area contributed by atoms with Crippen LogP contribution in [0, 0.1) is 11.8 Å². The molecule has 2 rings (SSSR count). The van der Waals surface area contributed by atoms with Crippen LogP contribution in [0.4, 0.5) is 0 Å². The predicted molar refractivity (Wildman–Crippen MR) is 108 cm³/mol. The molecule has 1 atom stereocenters. The first-order valence-electron chi connectivity index (χ1n) is 9.82. The number of hydrogen-bond donors (Lipinski definition) is 2. The number of rotatable bonds is 8. The van der Waals surface area contributed by atoms with Crippen LogP contribution in [-0.4, -0.2) is 48.3 Å². The van der Waals surface area contributed by atoms with Gasteiger partial charge >= 0.3 is 0 Å². The van der Waals surface area contributed by atoms with Crippen molar-refractivity contribution in [3.05, 3.63) is 22.4 Å². The summed E-state index contributed by atoms with van der Waals surface area (Å²) in [7, 11) is 0. The molecule has 2 heterocycles. The number of piperidine rings is 1. The highest BCUT2D eigenvalue weighted by Gasteiger charge is 2.34. The molecule has 0 spiro atoms. The van der Waals surface area contributed by atoms with Gasteiger partial charge in [-0.15, -0.1) is 11.3 Å². The number of nitrogens with zero attached hydrogens (tertiary/aromatic N) is 1. The maximum absolute atomic E-state index is 12.7. The zero-order valence-electron chi connectivity index (χ0n) is 16.5. The van der Waals surface area contributed by atoms with E-state index in [9.17, 15) is 14.4 Å². The molecule has 0 unspecified atom stereocenters. The standard InChI is InChI=1S/C20H31N3O3S/c1-4-9-21-20(26)18(22-19(25)16-6-5-12-27-16)15-7-10-23(11-8-15)17(24)13-14(2)3/h5-6,12,14-15,18H,4,7-11,13H2,1-3H3,(H,21,26)(H,22,25)/t18-/m1/s1. The number of thiophene rings is 1. The first-order valence-corrected chi connectivity index (χ1v) is 10.7. The van der Waals surface area contributed by atoms with Gasteiger partial charge in [0.2, 0.25) is 11.8 Å². The Morgan fingerprint density at radius 3 is 2.52 bits per heavy atom. The highest BCUT2D eigenvalue weighted by Crippen LogP contribution is 2.23. The molecule has 1 saturated heterocycles. The van der Waals surface area contributed by atoms with Gasteiger partial charge in [-0.05, 0) is 42.5 Å². The van der Waals surface area contributed by atoms with E-state index < -0.39 is 6.04 Å². The van der Waals surface area contributed by atoms with Crippen LogP contribution in [0.2, 0.25) is 0 Å². The van der Waals surface area contributed by atoms with Crippen LogP contribution in [0.25, 0.3) is 0 Å². The second-order valence-corrected chi connectivity index (χ2v) is 8.48. The number of carbonyl (C=O) groups is 3. The minimum absolute atomic E-state index is 0.0360. The van der Waals surface area contributed by atoms with Gasteiger partial charge in [0.25, 0.3) is 5.91 Å².